The molecule has 0 radical (unpaired) electrons. The summed E-state index contributed by atoms with van der Waals surface area (Å²) < 4.78 is 11.0. The molecule has 4 rings (SSSR count). The average molecular weight is 399 g/mol. The van der Waals surface area contributed by atoms with Crippen molar-refractivity contribution in [2.45, 2.75) is 70.1 Å². The van der Waals surface area contributed by atoms with Crippen LogP contribution < -0.4 is 5.32 Å². The molecule has 0 spiro atoms. The van der Waals surface area contributed by atoms with Gasteiger partial charge in [0.25, 0.3) is 5.89 Å². The van der Waals surface area contributed by atoms with Crippen molar-refractivity contribution in [3.05, 3.63) is 47.6 Å². The lowest BCUT2D eigenvalue weighted by Gasteiger charge is -2.33. The summed E-state index contributed by atoms with van der Waals surface area (Å²) in [7, 11) is 0. The lowest BCUT2D eigenvalue weighted by Crippen LogP contribution is -2.48. The van der Waals surface area contributed by atoms with E-state index in [1.165, 1.54) is 19.3 Å². The molecule has 2 aliphatic rings. The van der Waals surface area contributed by atoms with Crippen molar-refractivity contribution in [2.75, 3.05) is 13.1 Å². The van der Waals surface area contributed by atoms with E-state index in [0.717, 1.165) is 37.8 Å². The molecule has 0 bridgehead atoms. The lowest BCUT2D eigenvalue weighted by atomic mass is 9.95. The zero-order valence-electron chi connectivity index (χ0n) is 16.9. The summed E-state index contributed by atoms with van der Waals surface area (Å²) in [5.74, 6) is 1.28. The molecule has 1 N–H and O–H groups in total. The molecule has 2 amide bonds. The zero-order chi connectivity index (χ0) is 19.9. The zero-order valence-corrected chi connectivity index (χ0v) is 16.9. The number of piperidine rings is 1. The Morgan fingerprint density at radius 2 is 1.93 bits per heavy atom. The van der Waals surface area contributed by atoms with Crippen molar-refractivity contribution < 1.29 is 14.1 Å². The molecule has 1 aromatic carbocycles. The van der Waals surface area contributed by atoms with Crippen molar-refractivity contribution >= 4 is 6.03 Å². The minimum Gasteiger partial charge on any atom is -0.367 e. The van der Waals surface area contributed by atoms with Crippen molar-refractivity contribution in [3.8, 4) is 0 Å². The van der Waals surface area contributed by atoms with Gasteiger partial charge in [0.1, 0.15) is 6.61 Å². The molecular formula is C22H30N4O3. The van der Waals surface area contributed by atoms with Crippen molar-refractivity contribution in [1.82, 2.24) is 20.4 Å². The van der Waals surface area contributed by atoms with Gasteiger partial charge in [-0.3, -0.25) is 0 Å². The summed E-state index contributed by atoms with van der Waals surface area (Å²) in [6.45, 7) is 2.24. The van der Waals surface area contributed by atoms with E-state index in [1.54, 1.807) is 0 Å². The summed E-state index contributed by atoms with van der Waals surface area (Å²) in [6.07, 6.45) is 7.83. The number of nitrogens with zero attached hydrogens (tertiary/aromatic N) is 3. The molecule has 2 heterocycles. The van der Waals surface area contributed by atoms with Crippen LogP contribution in [0.15, 0.2) is 34.9 Å². The first-order valence-electron chi connectivity index (χ1n) is 10.8. The molecule has 1 aromatic heterocycles. The van der Waals surface area contributed by atoms with Crippen LogP contribution in [0.4, 0.5) is 4.79 Å². The second-order valence-electron chi connectivity index (χ2n) is 8.09. The minimum atomic E-state index is 0.0523. The second-order valence-corrected chi connectivity index (χ2v) is 8.09. The fraction of sp³-hybridized carbons (Fsp3) is 0.591. The maximum Gasteiger partial charge on any atom is 0.317 e. The molecule has 1 aliphatic heterocycles. The SMILES string of the molecule is O=C(NC1CCCCC1)N1CCCC(c2noc(COCc3ccccc3)n2)C1. The van der Waals surface area contributed by atoms with Gasteiger partial charge in [0.2, 0.25) is 0 Å². The Morgan fingerprint density at radius 1 is 1.10 bits per heavy atom. The monoisotopic (exact) mass is 398 g/mol. The lowest BCUT2D eigenvalue weighted by molar-refractivity contribution is 0.0850. The van der Waals surface area contributed by atoms with Crippen LogP contribution in [0, 0.1) is 0 Å². The van der Waals surface area contributed by atoms with E-state index in [4.69, 9.17) is 9.26 Å². The van der Waals surface area contributed by atoms with Gasteiger partial charge in [-0.25, -0.2) is 4.79 Å². The third-order valence-corrected chi connectivity index (χ3v) is 5.83. The smallest absolute Gasteiger partial charge is 0.317 e. The number of carbonyl (C=O) groups excluding carboxylic acids is 1. The molecule has 7 heteroatoms. The Morgan fingerprint density at radius 3 is 2.76 bits per heavy atom. The first-order valence-corrected chi connectivity index (χ1v) is 10.8. The van der Waals surface area contributed by atoms with Crippen LogP contribution in [0.5, 0.6) is 0 Å². The van der Waals surface area contributed by atoms with E-state index in [9.17, 15) is 4.79 Å². The fourth-order valence-electron chi connectivity index (χ4n) is 4.21. The number of rotatable bonds is 6. The largest absolute Gasteiger partial charge is 0.367 e. The molecule has 2 fully saturated rings. The van der Waals surface area contributed by atoms with Crippen LogP contribution in [0.2, 0.25) is 0 Å². The second kappa shape index (κ2) is 9.87. The van der Waals surface area contributed by atoms with Crippen LogP contribution in [-0.4, -0.2) is 40.2 Å². The van der Waals surface area contributed by atoms with Gasteiger partial charge in [-0.1, -0.05) is 54.8 Å². The predicted octanol–water partition coefficient (Wildman–Crippen LogP) is 4.01. The predicted molar refractivity (Wildman–Crippen MR) is 108 cm³/mol. The Bertz CT molecular complexity index is 773. The summed E-state index contributed by atoms with van der Waals surface area (Å²) in [5.41, 5.74) is 1.11. The number of likely N-dealkylation sites (tertiary alicyclic amines) is 1. The third kappa shape index (κ3) is 5.56. The Kier molecular flexibility index (Phi) is 6.77. The molecule has 1 unspecified atom stereocenters. The van der Waals surface area contributed by atoms with Gasteiger partial charge in [0.05, 0.1) is 6.61 Å². The molecule has 1 aliphatic carbocycles. The van der Waals surface area contributed by atoms with Crippen molar-refractivity contribution in [3.63, 3.8) is 0 Å². The normalized spacial score (nSPS) is 20.6. The van der Waals surface area contributed by atoms with E-state index in [1.807, 2.05) is 35.2 Å². The fourth-order valence-corrected chi connectivity index (χ4v) is 4.21. The van der Waals surface area contributed by atoms with E-state index in [0.29, 0.717) is 37.5 Å². The number of hydrogen-bond acceptors (Lipinski definition) is 5. The molecule has 2 aromatic rings. The molecule has 1 saturated carbocycles. The van der Waals surface area contributed by atoms with Crippen LogP contribution in [0.25, 0.3) is 0 Å². The van der Waals surface area contributed by atoms with Crippen LogP contribution in [-0.2, 0) is 18.0 Å². The van der Waals surface area contributed by atoms with Crippen molar-refractivity contribution in [2.24, 2.45) is 0 Å². The molecule has 1 saturated heterocycles. The van der Waals surface area contributed by atoms with Crippen LogP contribution >= 0.6 is 0 Å². The highest BCUT2D eigenvalue weighted by Crippen LogP contribution is 2.25. The van der Waals surface area contributed by atoms with E-state index in [-0.39, 0.29) is 11.9 Å². The highest BCUT2D eigenvalue weighted by atomic mass is 16.5. The van der Waals surface area contributed by atoms with Gasteiger partial charge in [-0.2, -0.15) is 4.98 Å². The van der Waals surface area contributed by atoms with Gasteiger partial charge < -0.3 is 19.5 Å². The number of aromatic nitrogens is 2. The quantitative estimate of drug-likeness (QED) is 0.795. The van der Waals surface area contributed by atoms with Gasteiger partial charge >= 0.3 is 6.03 Å². The van der Waals surface area contributed by atoms with E-state index < -0.39 is 0 Å². The number of nitrogens with one attached hydrogen (secondary N) is 1. The maximum absolute atomic E-state index is 12.7. The number of urea groups is 1. The first kappa shape index (κ1) is 19.9. The summed E-state index contributed by atoms with van der Waals surface area (Å²) in [4.78, 5) is 19.1. The summed E-state index contributed by atoms with van der Waals surface area (Å²) in [5, 5.41) is 7.36. The molecule has 1 atom stereocenters. The minimum absolute atomic E-state index is 0.0523. The maximum atomic E-state index is 12.7. The molecule has 156 valence electrons. The summed E-state index contributed by atoms with van der Waals surface area (Å²) >= 11 is 0. The summed E-state index contributed by atoms with van der Waals surface area (Å²) in [6, 6.07) is 10.4. The van der Waals surface area contributed by atoms with E-state index in [2.05, 4.69) is 15.5 Å². The Labute approximate surface area is 171 Å². The van der Waals surface area contributed by atoms with Gasteiger partial charge in [0.15, 0.2) is 5.82 Å². The highest BCUT2D eigenvalue weighted by Gasteiger charge is 2.29. The topological polar surface area (TPSA) is 80.5 Å². The molecule has 7 nitrogen and oxygen atoms in total. The number of ether oxygens (including phenoxy) is 1. The number of hydrogen-bond donors (Lipinski definition) is 1. The Hall–Kier alpha value is -2.41. The van der Waals surface area contributed by atoms with Crippen LogP contribution in [0.3, 0.4) is 0 Å². The first-order chi connectivity index (χ1) is 14.3. The standard InChI is InChI=1S/C22H30N4O3/c27-22(23-19-11-5-2-6-12-19)26-13-7-10-18(14-26)21-24-20(29-25-21)16-28-15-17-8-3-1-4-9-17/h1,3-4,8-9,18-19H,2,5-7,10-16H2,(H,23,27). The third-order valence-electron chi connectivity index (χ3n) is 5.83. The van der Waals surface area contributed by atoms with Gasteiger partial charge in [0, 0.05) is 25.0 Å². The highest BCUT2D eigenvalue weighted by molar-refractivity contribution is 5.74. The number of carbonyl (C=O) groups is 1. The molecular weight excluding hydrogens is 368 g/mol. The Balaban J connectivity index is 1.26. The number of benzene rings is 1. The van der Waals surface area contributed by atoms with Gasteiger partial charge in [-0.05, 0) is 31.2 Å². The van der Waals surface area contributed by atoms with Crippen molar-refractivity contribution in [1.29, 1.82) is 0 Å². The molecule has 29 heavy (non-hydrogen) atoms. The average Bonchev–Trinajstić information content (AvgIpc) is 3.24. The number of amides is 2. The van der Waals surface area contributed by atoms with E-state index >= 15 is 0 Å². The van der Waals surface area contributed by atoms with Gasteiger partial charge in [-0.15, -0.1) is 0 Å². The van der Waals surface area contributed by atoms with Crippen LogP contribution in [0.1, 0.15) is 68.1 Å².